The molecule has 172 valence electrons. The maximum atomic E-state index is 12.7. The number of hydrogen-bond acceptors (Lipinski definition) is 8. The number of pyridine rings is 1. The molecule has 6 heterocycles. The first-order valence-corrected chi connectivity index (χ1v) is 10.6. The molecule has 0 saturated carbocycles. The van der Waals surface area contributed by atoms with Gasteiger partial charge in [0, 0.05) is 31.1 Å². The summed E-state index contributed by atoms with van der Waals surface area (Å²) in [6.45, 7) is 1.43. The molecule has 3 saturated heterocycles. The van der Waals surface area contributed by atoms with Crippen LogP contribution in [0.25, 0.3) is 5.65 Å². The fourth-order valence-corrected chi connectivity index (χ4v) is 5.36. The zero-order valence-corrected chi connectivity index (χ0v) is 17.5. The summed E-state index contributed by atoms with van der Waals surface area (Å²) in [5, 5.41) is 14.0. The van der Waals surface area contributed by atoms with Crippen LogP contribution in [0.15, 0.2) is 41.7 Å². The van der Waals surface area contributed by atoms with E-state index in [2.05, 4.69) is 20.4 Å². The standard InChI is InChI=1S/C20H20N6O4.CH2O2/c27-18(12-1-2-17-22-10-24-26(17)6-12)21-5-13-14-7-25(19(28)15-8-29-11-23-15)9-20(14)4-3-16(13)30-20;2-1-3/h1-2,6,8,10-11,13-14,16H,3-5,7,9H2,(H,21,27);1H,(H,2,3)/t13-,14+,16+,20+;/m0./s1. The van der Waals surface area contributed by atoms with Crippen LogP contribution in [-0.2, 0) is 9.53 Å². The summed E-state index contributed by atoms with van der Waals surface area (Å²) < 4.78 is 12.9. The Labute approximate surface area is 187 Å². The molecular weight excluding hydrogens is 432 g/mol. The molecule has 0 radical (unpaired) electrons. The molecule has 0 aliphatic carbocycles. The molecule has 12 heteroatoms. The monoisotopic (exact) mass is 454 g/mol. The van der Waals surface area contributed by atoms with Gasteiger partial charge in [-0.15, -0.1) is 0 Å². The van der Waals surface area contributed by atoms with Crippen molar-refractivity contribution in [1.82, 2.24) is 29.8 Å². The van der Waals surface area contributed by atoms with E-state index in [9.17, 15) is 9.59 Å². The minimum absolute atomic E-state index is 0.123. The van der Waals surface area contributed by atoms with Crippen LogP contribution in [0, 0.1) is 11.8 Å². The van der Waals surface area contributed by atoms with Crippen LogP contribution in [-0.4, -0.2) is 79.2 Å². The van der Waals surface area contributed by atoms with Gasteiger partial charge in [0.25, 0.3) is 18.3 Å². The summed E-state index contributed by atoms with van der Waals surface area (Å²) in [5.74, 6) is 0.0827. The predicted octanol–water partition coefficient (Wildman–Crippen LogP) is 0.468. The Kier molecular flexibility index (Phi) is 5.29. The average molecular weight is 454 g/mol. The number of oxazole rings is 1. The Morgan fingerprint density at radius 3 is 2.97 bits per heavy atom. The van der Waals surface area contributed by atoms with E-state index >= 15 is 0 Å². The lowest BCUT2D eigenvalue weighted by Gasteiger charge is -2.29. The maximum Gasteiger partial charge on any atom is 0.290 e. The third-order valence-corrected chi connectivity index (χ3v) is 6.76. The molecular formula is C21H22N6O6. The number of nitrogens with zero attached hydrogens (tertiary/aromatic N) is 5. The molecule has 3 aromatic rings. The highest BCUT2D eigenvalue weighted by Crippen LogP contribution is 2.54. The molecule has 0 unspecified atom stereocenters. The van der Waals surface area contributed by atoms with E-state index in [0.717, 1.165) is 12.8 Å². The number of carbonyl (C=O) groups excluding carboxylic acids is 2. The van der Waals surface area contributed by atoms with Gasteiger partial charge in [0.05, 0.1) is 23.8 Å². The summed E-state index contributed by atoms with van der Waals surface area (Å²) in [5.41, 5.74) is 1.23. The van der Waals surface area contributed by atoms with Crippen molar-refractivity contribution in [2.24, 2.45) is 11.8 Å². The van der Waals surface area contributed by atoms with E-state index in [1.165, 1.54) is 19.0 Å². The molecule has 6 rings (SSSR count). The third-order valence-electron chi connectivity index (χ3n) is 6.76. The fourth-order valence-electron chi connectivity index (χ4n) is 5.36. The highest BCUT2D eigenvalue weighted by Gasteiger charge is 2.63. The van der Waals surface area contributed by atoms with Gasteiger partial charge in [-0.3, -0.25) is 14.4 Å². The minimum Gasteiger partial charge on any atom is -0.483 e. The molecule has 1 spiro atoms. The number of carbonyl (C=O) groups is 3. The maximum absolute atomic E-state index is 12.7. The van der Waals surface area contributed by atoms with Crippen LogP contribution >= 0.6 is 0 Å². The van der Waals surface area contributed by atoms with Crippen molar-refractivity contribution in [1.29, 1.82) is 0 Å². The lowest BCUT2D eigenvalue weighted by molar-refractivity contribution is -0.122. The Hall–Kier alpha value is -3.80. The molecule has 3 aromatic heterocycles. The van der Waals surface area contributed by atoms with E-state index in [1.807, 2.05) is 0 Å². The number of carboxylic acid groups (broad SMARTS) is 1. The molecule has 2 amide bonds. The van der Waals surface area contributed by atoms with Gasteiger partial charge in [0.1, 0.15) is 12.6 Å². The van der Waals surface area contributed by atoms with Crippen LogP contribution < -0.4 is 5.32 Å². The first-order valence-electron chi connectivity index (χ1n) is 10.6. The van der Waals surface area contributed by atoms with Crippen molar-refractivity contribution < 1.29 is 28.6 Å². The van der Waals surface area contributed by atoms with E-state index in [1.54, 1.807) is 27.7 Å². The van der Waals surface area contributed by atoms with Gasteiger partial charge in [0.2, 0.25) is 0 Å². The molecule has 12 nitrogen and oxygen atoms in total. The van der Waals surface area contributed by atoms with Gasteiger partial charge < -0.3 is 24.5 Å². The zero-order valence-electron chi connectivity index (χ0n) is 17.5. The van der Waals surface area contributed by atoms with Crippen LogP contribution in [0.3, 0.4) is 0 Å². The Balaban J connectivity index is 0.000000724. The molecule has 33 heavy (non-hydrogen) atoms. The van der Waals surface area contributed by atoms with Gasteiger partial charge in [0.15, 0.2) is 17.7 Å². The lowest BCUT2D eigenvalue weighted by atomic mass is 9.73. The molecule has 3 aliphatic heterocycles. The largest absolute Gasteiger partial charge is 0.483 e. The molecule has 2 N–H and O–H groups in total. The number of likely N-dealkylation sites (tertiary alicyclic amines) is 1. The van der Waals surface area contributed by atoms with E-state index in [4.69, 9.17) is 19.1 Å². The molecule has 4 atom stereocenters. The summed E-state index contributed by atoms with van der Waals surface area (Å²) in [4.78, 5) is 43.6. The SMILES string of the molecule is O=C(NC[C@H]1[C@H]2CN(C(=O)c3cocn3)C[C@]23CC[C@H]1O3)c1ccc2ncnn2c1.O=CO. The number of nitrogens with one attached hydrogen (secondary N) is 1. The van der Waals surface area contributed by atoms with Gasteiger partial charge in [-0.1, -0.05) is 0 Å². The highest BCUT2D eigenvalue weighted by molar-refractivity contribution is 5.94. The number of amides is 2. The minimum atomic E-state index is -0.306. The second kappa shape index (κ2) is 8.28. The molecule has 3 fully saturated rings. The summed E-state index contributed by atoms with van der Waals surface area (Å²) in [6.07, 6.45) is 7.78. The van der Waals surface area contributed by atoms with Crippen molar-refractivity contribution in [3.63, 3.8) is 0 Å². The topological polar surface area (TPSA) is 152 Å². The second-order valence-electron chi connectivity index (χ2n) is 8.39. The van der Waals surface area contributed by atoms with Crippen molar-refractivity contribution in [3.8, 4) is 0 Å². The number of fused-ring (bicyclic) bond motifs is 2. The number of rotatable bonds is 4. The molecule has 3 aliphatic rings. The van der Waals surface area contributed by atoms with Gasteiger partial charge in [-0.25, -0.2) is 14.5 Å². The average Bonchev–Trinajstić information content (AvgIpc) is 3.62. The van der Waals surface area contributed by atoms with Crippen molar-refractivity contribution in [3.05, 3.63) is 48.6 Å². The molecule has 2 bridgehead atoms. The van der Waals surface area contributed by atoms with Crippen LogP contribution in [0.5, 0.6) is 0 Å². The van der Waals surface area contributed by atoms with Crippen LogP contribution in [0.4, 0.5) is 0 Å². The predicted molar refractivity (Wildman–Crippen MR) is 110 cm³/mol. The van der Waals surface area contributed by atoms with E-state index in [-0.39, 0.29) is 41.8 Å². The molecule has 0 aromatic carbocycles. The number of hydrogen-bond donors (Lipinski definition) is 2. The normalized spacial score (nSPS) is 27.2. The first-order chi connectivity index (χ1) is 16.0. The van der Waals surface area contributed by atoms with Crippen molar-refractivity contribution >= 4 is 23.9 Å². The Morgan fingerprint density at radius 1 is 1.33 bits per heavy atom. The van der Waals surface area contributed by atoms with Crippen LogP contribution in [0.2, 0.25) is 0 Å². The lowest BCUT2D eigenvalue weighted by Crippen LogP contribution is -2.41. The van der Waals surface area contributed by atoms with E-state index < -0.39 is 0 Å². The second-order valence-corrected chi connectivity index (χ2v) is 8.39. The fraction of sp³-hybridized carbons (Fsp3) is 0.429. The summed E-state index contributed by atoms with van der Waals surface area (Å²) in [6, 6.07) is 3.51. The van der Waals surface area contributed by atoms with Crippen molar-refractivity contribution in [2.45, 2.75) is 24.5 Å². The van der Waals surface area contributed by atoms with E-state index in [0.29, 0.717) is 36.5 Å². The smallest absolute Gasteiger partial charge is 0.290 e. The van der Waals surface area contributed by atoms with Gasteiger partial charge in [-0.2, -0.15) is 5.10 Å². The summed E-state index contributed by atoms with van der Waals surface area (Å²) in [7, 11) is 0. The number of ether oxygens (including phenoxy) is 1. The summed E-state index contributed by atoms with van der Waals surface area (Å²) >= 11 is 0. The highest BCUT2D eigenvalue weighted by atomic mass is 16.5. The quantitative estimate of drug-likeness (QED) is 0.536. The van der Waals surface area contributed by atoms with Crippen LogP contribution in [0.1, 0.15) is 33.7 Å². The first kappa shape index (κ1) is 21.1. The Morgan fingerprint density at radius 2 is 2.18 bits per heavy atom. The van der Waals surface area contributed by atoms with Gasteiger partial charge >= 0.3 is 0 Å². The zero-order chi connectivity index (χ0) is 23.0. The third kappa shape index (κ3) is 3.61. The Bertz CT molecular complexity index is 1180. The number of aromatic nitrogens is 4. The van der Waals surface area contributed by atoms with Crippen molar-refractivity contribution in [2.75, 3.05) is 19.6 Å². The van der Waals surface area contributed by atoms with Gasteiger partial charge in [-0.05, 0) is 25.0 Å².